The highest BCUT2D eigenvalue weighted by atomic mass is 32.1. The molecule has 0 unspecified atom stereocenters. The van der Waals surface area contributed by atoms with Crippen LogP contribution in [0.3, 0.4) is 0 Å². The Balaban J connectivity index is 0.000000861. The van der Waals surface area contributed by atoms with Crippen molar-refractivity contribution in [1.82, 2.24) is 0 Å². The minimum Gasteiger partial charge on any atom is -0.381 e. The van der Waals surface area contributed by atoms with Gasteiger partial charge < -0.3 is 10.1 Å². The largest absolute Gasteiger partial charge is 0.381 e. The van der Waals surface area contributed by atoms with Crippen molar-refractivity contribution in [3.8, 4) is 0 Å². The summed E-state index contributed by atoms with van der Waals surface area (Å²) in [6, 6.07) is 8.32. The van der Waals surface area contributed by atoms with Gasteiger partial charge in [-0.15, -0.1) is 0 Å². The Labute approximate surface area is 122 Å². The number of benzene rings is 1. The van der Waals surface area contributed by atoms with Crippen molar-refractivity contribution in [3.63, 3.8) is 0 Å². The van der Waals surface area contributed by atoms with Gasteiger partial charge in [-0.05, 0) is 43.4 Å². The standard InChI is InChI=1S/C14H19NOS.C2H6/c1-11-3-2-4-13(9-11)15-14(17)10-12-5-7-16-8-6-12;1-2/h2-4,9,12H,5-8,10H2,1H3,(H,15,17);1-2H3. The average molecular weight is 279 g/mol. The molecular weight excluding hydrogens is 254 g/mol. The SMILES string of the molecule is CC.Cc1cccc(NC(=S)CC2CCOCC2)c1. The lowest BCUT2D eigenvalue weighted by Gasteiger charge is -2.22. The summed E-state index contributed by atoms with van der Waals surface area (Å²) in [4.78, 5) is 0.947. The number of aryl methyl sites for hydroxylation is 1. The van der Waals surface area contributed by atoms with E-state index in [4.69, 9.17) is 17.0 Å². The van der Waals surface area contributed by atoms with Crippen molar-refractivity contribution in [1.29, 1.82) is 0 Å². The van der Waals surface area contributed by atoms with Gasteiger partial charge in [0.15, 0.2) is 0 Å². The van der Waals surface area contributed by atoms with E-state index in [2.05, 4.69) is 36.5 Å². The highest BCUT2D eigenvalue weighted by molar-refractivity contribution is 7.80. The second kappa shape index (κ2) is 9.05. The monoisotopic (exact) mass is 279 g/mol. The van der Waals surface area contributed by atoms with Crippen molar-refractivity contribution in [2.45, 2.75) is 40.0 Å². The molecule has 1 N–H and O–H groups in total. The first-order valence-corrected chi connectivity index (χ1v) is 7.59. The van der Waals surface area contributed by atoms with Crippen LogP contribution in [0.25, 0.3) is 0 Å². The van der Waals surface area contributed by atoms with E-state index in [1.807, 2.05) is 13.8 Å². The van der Waals surface area contributed by atoms with E-state index in [0.717, 1.165) is 43.2 Å². The van der Waals surface area contributed by atoms with Crippen LogP contribution in [0.4, 0.5) is 5.69 Å². The molecule has 0 bridgehead atoms. The molecule has 1 aromatic rings. The van der Waals surface area contributed by atoms with E-state index in [-0.39, 0.29) is 0 Å². The van der Waals surface area contributed by atoms with Gasteiger partial charge in [0, 0.05) is 25.3 Å². The summed E-state index contributed by atoms with van der Waals surface area (Å²) in [6.07, 6.45) is 3.25. The molecule has 3 heteroatoms. The van der Waals surface area contributed by atoms with Gasteiger partial charge in [-0.25, -0.2) is 0 Å². The molecule has 2 nitrogen and oxygen atoms in total. The first-order chi connectivity index (χ1) is 9.24. The lowest BCUT2D eigenvalue weighted by atomic mass is 9.96. The topological polar surface area (TPSA) is 21.3 Å². The normalized spacial score (nSPS) is 15.3. The lowest BCUT2D eigenvalue weighted by Crippen LogP contribution is -2.21. The number of hydrogen-bond donors (Lipinski definition) is 1. The van der Waals surface area contributed by atoms with Crippen LogP contribution in [0.5, 0.6) is 0 Å². The Morgan fingerprint density at radius 1 is 1.32 bits per heavy atom. The summed E-state index contributed by atoms with van der Waals surface area (Å²) in [5.41, 5.74) is 2.35. The number of ether oxygens (including phenoxy) is 1. The van der Waals surface area contributed by atoms with Gasteiger partial charge >= 0.3 is 0 Å². The highest BCUT2D eigenvalue weighted by Gasteiger charge is 2.15. The number of anilines is 1. The van der Waals surface area contributed by atoms with Crippen molar-refractivity contribution in [3.05, 3.63) is 29.8 Å². The predicted molar refractivity (Wildman–Crippen MR) is 86.9 cm³/mol. The zero-order valence-electron chi connectivity index (χ0n) is 12.2. The molecule has 1 aliphatic heterocycles. The Bertz CT molecular complexity index is 386. The Kier molecular flexibility index (Phi) is 7.68. The lowest BCUT2D eigenvalue weighted by molar-refractivity contribution is 0.0686. The molecule has 1 heterocycles. The van der Waals surface area contributed by atoms with E-state index in [1.165, 1.54) is 5.56 Å². The van der Waals surface area contributed by atoms with Gasteiger partial charge in [0.1, 0.15) is 0 Å². The Morgan fingerprint density at radius 3 is 2.63 bits per heavy atom. The molecule has 106 valence electrons. The van der Waals surface area contributed by atoms with Crippen molar-refractivity contribution >= 4 is 22.9 Å². The Hall–Kier alpha value is -0.930. The van der Waals surface area contributed by atoms with Gasteiger partial charge in [0.25, 0.3) is 0 Å². The van der Waals surface area contributed by atoms with E-state index in [0.29, 0.717) is 5.92 Å². The van der Waals surface area contributed by atoms with Gasteiger partial charge in [-0.2, -0.15) is 0 Å². The molecule has 0 aromatic heterocycles. The molecule has 0 atom stereocenters. The third-order valence-electron chi connectivity index (χ3n) is 3.12. The maximum atomic E-state index is 5.41. The molecule has 1 aliphatic rings. The maximum absolute atomic E-state index is 5.41. The van der Waals surface area contributed by atoms with E-state index < -0.39 is 0 Å². The van der Waals surface area contributed by atoms with Crippen LogP contribution in [0.15, 0.2) is 24.3 Å². The molecule has 0 saturated carbocycles. The van der Waals surface area contributed by atoms with E-state index in [9.17, 15) is 0 Å². The zero-order chi connectivity index (χ0) is 14.1. The molecule has 0 radical (unpaired) electrons. The second-order valence-electron chi connectivity index (χ2n) is 4.68. The minimum absolute atomic E-state index is 0.688. The Morgan fingerprint density at radius 2 is 2.00 bits per heavy atom. The molecular formula is C16H25NOS. The number of thiocarbonyl (C=S) groups is 1. The summed E-state index contributed by atoms with van der Waals surface area (Å²) < 4.78 is 5.35. The molecule has 0 amide bonds. The van der Waals surface area contributed by atoms with Gasteiger partial charge in [-0.3, -0.25) is 0 Å². The van der Waals surface area contributed by atoms with Crippen LogP contribution in [0.2, 0.25) is 0 Å². The van der Waals surface area contributed by atoms with Crippen molar-refractivity contribution < 1.29 is 4.74 Å². The third kappa shape index (κ3) is 6.17. The van der Waals surface area contributed by atoms with Gasteiger partial charge in [-0.1, -0.05) is 38.2 Å². The van der Waals surface area contributed by atoms with Crippen LogP contribution >= 0.6 is 12.2 Å². The molecule has 1 saturated heterocycles. The zero-order valence-corrected chi connectivity index (χ0v) is 13.1. The molecule has 0 aliphatic carbocycles. The average Bonchev–Trinajstić information content (AvgIpc) is 2.42. The molecule has 1 aromatic carbocycles. The first-order valence-electron chi connectivity index (χ1n) is 7.18. The van der Waals surface area contributed by atoms with Crippen LogP contribution in [-0.2, 0) is 4.74 Å². The fraction of sp³-hybridized carbons (Fsp3) is 0.562. The van der Waals surface area contributed by atoms with Crippen LogP contribution < -0.4 is 5.32 Å². The number of hydrogen-bond acceptors (Lipinski definition) is 2. The number of rotatable bonds is 3. The summed E-state index contributed by atoms with van der Waals surface area (Å²) in [5.74, 6) is 0.688. The predicted octanol–water partition coefficient (Wildman–Crippen LogP) is 4.58. The highest BCUT2D eigenvalue weighted by Crippen LogP contribution is 2.20. The maximum Gasteiger partial charge on any atom is 0.0800 e. The first kappa shape index (κ1) is 16.1. The quantitative estimate of drug-likeness (QED) is 0.818. The number of nitrogens with one attached hydrogen (secondary N) is 1. The summed E-state index contributed by atoms with van der Waals surface area (Å²) in [6.45, 7) is 7.86. The van der Waals surface area contributed by atoms with Crippen molar-refractivity contribution in [2.75, 3.05) is 18.5 Å². The van der Waals surface area contributed by atoms with E-state index in [1.54, 1.807) is 0 Å². The third-order valence-corrected chi connectivity index (χ3v) is 3.39. The smallest absolute Gasteiger partial charge is 0.0800 e. The van der Waals surface area contributed by atoms with Crippen LogP contribution in [0, 0.1) is 12.8 Å². The summed E-state index contributed by atoms with van der Waals surface area (Å²) >= 11 is 5.41. The molecule has 1 fully saturated rings. The summed E-state index contributed by atoms with van der Waals surface area (Å²) in [5, 5.41) is 3.32. The fourth-order valence-electron chi connectivity index (χ4n) is 2.15. The molecule has 2 rings (SSSR count). The second-order valence-corrected chi connectivity index (χ2v) is 5.17. The van der Waals surface area contributed by atoms with E-state index >= 15 is 0 Å². The molecule has 19 heavy (non-hydrogen) atoms. The fourth-order valence-corrected chi connectivity index (χ4v) is 2.50. The minimum atomic E-state index is 0.688. The van der Waals surface area contributed by atoms with Gasteiger partial charge in [0.2, 0.25) is 0 Å². The van der Waals surface area contributed by atoms with Crippen molar-refractivity contribution in [2.24, 2.45) is 5.92 Å². The van der Waals surface area contributed by atoms with Crippen LogP contribution in [0.1, 0.15) is 38.7 Å². The van der Waals surface area contributed by atoms with Crippen LogP contribution in [-0.4, -0.2) is 18.2 Å². The molecule has 0 spiro atoms. The summed E-state index contributed by atoms with van der Waals surface area (Å²) in [7, 11) is 0. The van der Waals surface area contributed by atoms with Gasteiger partial charge in [0.05, 0.1) is 4.99 Å².